The third kappa shape index (κ3) is 2.39. The average Bonchev–Trinajstić information content (AvgIpc) is 2.10. The number of nitrogens with two attached hydrogens (primary N) is 1. The first-order valence-corrected chi connectivity index (χ1v) is 3.95. The Morgan fingerprint density at radius 3 is 2.69 bits per heavy atom. The SMILES string of the molecule is N[C@H](CCF)c1ccc(O)c(F)c1. The second-order valence-corrected chi connectivity index (χ2v) is 2.79. The van der Waals surface area contributed by atoms with E-state index in [1.807, 2.05) is 0 Å². The lowest BCUT2D eigenvalue weighted by Gasteiger charge is -2.09. The van der Waals surface area contributed by atoms with Gasteiger partial charge in [-0.15, -0.1) is 0 Å². The molecule has 13 heavy (non-hydrogen) atoms. The molecule has 72 valence electrons. The Morgan fingerprint density at radius 2 is 2.15 bits per heavy atom. The van der Waals surface area contributed by atoms with E-state index in [0.29, 0.717) is 5.56 Å². The first kappa shape index (κ1) is 9.92. The van der Waals surface area contributed by atoms with Gasteiger partial charge in [-0.05, 0) is 24.1 Å². The monoisotopic (exact) mass is 187 g/mol. The zero-order valence-electron chi connectivity index (χ0n) is 7.00. The average molecular weight is 187 g/mol. The number of hydrogen-bond acceptors (Lipinski definition) is 2. The van der Waals surface area contributed by atoms with Crippen LogP contribution >= 0.6 is 0 Å². The van der Waals surface area contributed by atoms with E-state index in [-0.39, 0.29) is 6.42 Å². The lowest BCUT2D eigenvalue weighted by molar-refractivity contribution is 0.426. The van der Waals surface area contributed by atoms with Gasteiger partial charge in [-0.1, -0.05) is 6.07 Å². The number of alkyl halides is 1. The zero-order valence-corrected chi connectivity index (χ0v) is 7.00. The highest BCUT2D eigenvalue weighted by Crippen LogP contribution is 2.21. The number of hydrogen-bond donors (Lipinski definition) is 2. The third-order valence-corrected chi connectivity index (χ3v) is 1.82. The maximum Gasteiger partial charge on any atom is 0.165 e. The molecule has 0 aromatic heterocycles. The summed E-state index contributed by atoms with van der Waals surface area (Å²) < 4.78 is 24.7. The summed E-state index contributed by atoms with van der Waals surface area (Å²) in [5, 5.41) is 8.87. The molecule has 1 aromatic carbocycles. The molecule has 2 nitrogen and oxygen atoms in total. The predicted octanol–water partition coefficient (Wildman–Crippen LogP) is 1.89. The molecular weight excluding hydrogens is 176 g/mol. The number of rotatable bonds is 3. The zero-order chi connectivity index (χ0) is 9.84. The normalized spacial score (nSPS) is 12.8. The molecule has 0 aliphatic rings. The summed E-state index contributed by atoms with van der Waals surface area (Å²) in [7, 11) is 0. The van der Waals surface area contributed by atoms with Crippen LogP contribution in [-0.2, 0) is 0 Å². The molecule has 0 bridgehead atoms. The van der Waals surface area contributed by atoms with Crippen molar-refractivity contribution in [2.75, 3.05) is 6.67 Å². The molecule has 0 saturated carbocycles. The molecule has 1 aromatic rings. The molecule has 0 aliphatic heterocycles. The molecule has 0 radical (unpaired) electrons. The van der Waals surface area contributed by atoms with Crippen LogP contribution in [0.25, 0.3) is 0 Å². The molecule has 0 spiro atoms. The Balaban J connectivity index is 2.84. The van der Waals surface area contributed by atoms with Crippen molar-refractivity contribution in [3.63, 3.8) is 0 Å². The van der Waals surface area contributed by atoms with Crippen molar-refractivity contribution < 1.29 is 13.9 Å². The van der Waals surface area contributed by atoms with Crippen molar-refractivity contribution in [1.29, 1.82) is 0 Å². The van der Waals surface area contributed by atoms with E-state index in [1.165, 1.54) is 12.1 Å². The summed E-state index contributed by atoms with van der Waals surface area (Å²) in [6.45, 7) is -0.538. The van der Waals surface area contributed by atoms with Crippen LogP contribution in [0.3, 0.4) is 0 Å². The van der Waals surface area contributed by atoms with Crippen molar-refractivity contribution in [3.8, 4) is 5.75 Å². The summed E-state index contributed by atoms with van der Waals surface area (Å²) >= 11 is 0. The topological polar surface area (TPSA) is 46.2 Å². The van der Waals surface area contributed by atoms with Crippen LogP contribution in [0.5, 0.6) is 5.75 Å². The van der Waals surface area contributed by atoms with E-state index < -0.39 is 24.3 Å². The summed E-state index contributed by atoms with van der Waals surface area (Å²) in [6, 6.07) is 3.30. The van der Waals surface area contributed by atoms with Crippen LogP contribution in [0.1, 0.15) is 18.0 Å². The molecule has 1 rings (SSSR count). The van der Waals surface area contributed by atoms with Gasteiger partial charge in [0.2, 0.25) is 0 Å². The van der Waals surface area contributed by atoms with E-state index in [4.69, 9.17) is 10.8 Å². The minimum atomic E-state index is -0.730. The summed E-state index contributed by atoms with van der Waals surface area (Å²) in [6.07, 6.45) is 0.157. The fraction of sp³-hybridized carbons (Fsp3) is 0.333. The standard InChI is InChI=1S/C9H11F2NO/c10-4-3-8(12)6-1-2-9(13)7(11)5-6/h1-2,5,8,13H,3-4,12H2/t8-/m1/s1. The Labute approximate surface area is 75.0 Å². The molecule has 0 aliphatic carbocycles. The smallest absolute Gasteiger partial charge is 0.165 e. The Hall–Kier alpha value is -1.16. The van der Waals surface area contributed by atoms with Crippen molar-refractivity contribution >= 4 is 0 Å². The largest absolute Gasteiger partial charge is 0.505 e. The lowest BCUT2D eigenvalue weighted by atomic mass is 10.1. The molecule has 0 heterocycles. The molecule has 0 amide bonds. The highest BCUT2D eigenvalue weighted by molar-refractivity contribution is 5.29. The van der Waals surface area contributed by atoms with E-state index in [0.717, 1.165) is 6.07 Å². The van der Waals surface area contributed by atoms with E-state index >= 15 is 0 Å². The quantitative estimate of drug-likeness (QED) is 0.759. The van der Waals surface area contributed by atoms with Crippen molar-refractivity contribution in [2.45, 2.75) is 12.5 Å². The number of benzene rings is 1. The summed E-state index contributed by atoms with van der Waals surface area (Å²) in [4.78, 5) is 0. The highest BCUT2D eigenvalue weighted by Gasteiger charge is 2.08. The van der Waals surface area contributed by atoms with Crippen LogP contribution in [-0.4, -0.2) is 11.8 Å². The molecule has 1 atom stereocenters. The molecular formula is C9H11F2NO. The third-order valence-electron chi connectivity index (χ3n) is 1.82. The van der Waals surface area contributed by atoms with Gasteiger partial charge >= 0.3 is 0 Å². The van der Waals surface area contributed by atoms with Crippen molar-refractivity contribution in [3.05, 3.63) is 29.6 Å². The van der Waals surface area contributed by atoms with Crippen LogP contribution in [0.4, 0.5) is 8.78 Å². The fourth-order valence-electron chi connectivity index (χ4n) is 1.04. The minimum absolute atomic E-state index is 0.157. The van der Waals surface area contributed by atoms with Gasteiger partial charge in [0.25, 0.3) is 0 Å². The summed E-state index contributed by atoms with van der Waals surface area (Å²) in [5.74, 6) is -1.15. The number of halogens is 2. The van der Waals surface area contributed by atoms with Gasteiger partial charge in [0.05, 0.1) is 6.67 Å². The molecule has 0 fully saturated rings. The van der Waals surface area contributed by atoms with E-state index in [2.05, 4.69) is 0 Å². The van der Waals surface area contributed by atoms with Gasteiger partial charge in [0, 0.05) is 6.04 Å². The van der Waals surface area contributed by atoms with Gasteiger partial charge in [0.15, 0.2) is 11.6 Å². The first-order valence-electron chi connectivity index (χ1n) is 3.95. The number of aromatic hydroxyl groups is 1. The van der Waals surface area contributed by atoms with Crippen LogP contribution in [0.15, 0.2) is 18.2 Å². The molecule has 0 saturated heterocycles. The Bertz CT molecular complexity index is 291. The Morgan fingerprint density at radius 1 is 1.46 bits per heavy atom. The van der Waals surface area contributed by atoms with Crippen LogP contribution in [0, 0.1) is 5.82 Å². The molecule has 3 N–H and O–H groups in total. The maximum absolute atomic E-state index is 12.8. The molecule has 4 heteroatoms. The fourth-order valence-corrected chi connectivity index (χ4v) is 1.04. The van der Waals surface area contributed by atoms with Gasteiger partial charge in [0.1, 0.15) is 0 Å². The lowest BCUT2D eigenvalue weighted by Crippen LogP contribution is -2.10. The van der Waals surface area contributed by atoms with Gasteiger partial charge in [-0.25, -0.2) is 4.39 Å². The van der Waals surface area contributed by atoms with E-state index in [9.17, 15) is 8.78 Å². The highest BCUT2D eigenvalue weighted by atomic mass is 19.1. The van der Waals surface area contributed by atoms with Gasteiger partial charge in [-0.3, -0.25) is 4.39 Å². The van der Waals surface area contributed by atoms with Gasteiger partial charge < -0.3 is 10.8 Å². The second kappa shape index (κ2) is 4.18. The van der Waals surface area contributed by atoms with Crippen LogP contribution < -0.4 is 5.73 Å². The van der Waals surface area contributed by atoms with Crippen LogP contribution in [0.2, 0.25) is 0 Å². The molecule has 0 unspecified atom stereocenters. The van der Waals surface area contributed by atoms with Crippen molar-refractivity contribution in [2.24, 2.45) is 5.73 Å². The van der Waals surface area contributed by atoms with Crippen molar-refractivity contribution in [1.82, 2.24) is 0 Å². The number of phenols is 1. The Kier molecular flexibility index (Phi) is 3.19. The second-order valence-electron chi connectivity index (χ2n) is 2.79. The maximum atomic E-state index is 12.8. The number of phenolic OH excluding ortho intramolecular Hbond substituents is 1. The van der Waals surface area contributed by atoms with Gasteiger partial charge in [-0.2, -0.15) is 0 Å². The summed E-state index contributed by atoms with van der Waals surface area (Å²) in [5.41, 5.74) is 6.03. The minimum Gasteiger partial charge on any atom is -0.505 e. The first-order chi connectivity index (χ1) is 6.15. The van der Waals surface area contributed by atoms with E-state index in [1.54, 1.807) is 0 Å². The predicted molar refractivity (Wildman–Crippen MR) is 45.6 cm³/mol.